The summed E-state index contributed by atoms with van der Waals surface area (Å²) in [4.78, 5) is 13.4. The first-order valence-corrected chi connectivity index (χ1v) is 4.71. The Bertz CT molecular complexity index is 346. The second-order valence-corrected chi connectivity index (χ2v) is 3.62. The zero-order chi connectivity index (χ0) is 10.1. The number of nitrogens with two attached hydrogens (primary N) is 1. The van der Waals surface area contributed by atoms with Crippen LogP contribution in [0.15, 0.2) is 12.3 Å². The summed E-state index contributed by atoms with van der Waals surface area (Å²) in [7, 11) is 1.83. The van der Waals surface area contributed by atoms with E-state index in [0.29, 0.717) is 13.0 Å². The average Bonchev–Trinajstić information content (AvgIpc) is 2.72. The van der Waals surface area contributed by atoms with Gasteiger partial charge in [-0.25, -0.2) is 0 Å². The summed E-state index contributed by atoms with van der Waals surface area (Å²) in [5.74, 6) is 1.28. The van der Waals surface area contributed by atoms with E-state index in [4.69, 9.17) is 5.73 Å². The zero-order valence-corrected chi connectivity index (χ0v) is 8.18. The zero-order valence-electron chi connectivity index (χ0n) is 8.18. The van der Waals surface area contributed by atoms with Crippen LogP contribution in [-0.2, 0) is 11.8 Å². The van der Waals surface area contributed by atoms with Crippen molar-refractivity contribution < 1.29 is 4.79 Å². The summed E-state index contributed by atoms with van der Waals surface area (Å²) in [6.45, 7) is 1.29. The van der Waals surface area contributed by atoms with Crippen molar-refractivity contribution in [3.63, 3.8) is 0 Å². The van der Waals surface area contributed by atoms with Gasteiger partial charge >= 0.3 is 0 Å². The largest absolute Gasteiger partial charge is 0.330 e. The maximum Gasteiger partial charge on any atom is 0.228 e. The van der Waals surface area contributed by atoms with E-state index in [1.807, 2.05) is 13.1 Å². The monoisotopic (exact) mass is 194 g/mol. The summed E-state index contributed by atoms with van der Waals surface area (Å²) in [5, 5.41) is 4.04. The van der Waals surface area contributed by atoms with Crippen LogP contribution in [0.3, 0.4) is 0 Å². The number of anilines is 1. The van der Waals surface area contributed by atoms with E-state index in [1.165, 1.54) is 0 Å². The Morgan fingerprint density at radius 3 is 3.00 bits per heavy atom. The predicted molar refractivity (Wildman–Crippen MR) is 52.7 cm³/mol. The summed E-state index contributed by atoms with van der Waals surface area (Å²) in [6, 6.07) is 1.84. The number of carbonyl (C=O) groups excluding carboxylic acids is 1. The Morgan fingerprint density at radius 2 is 2.50 bits per heavy atom. The fourth-order valence-corrected chi connectivity index (χ4v) is 1.79. The minimum absolute atomic E-state index is 0.143. The topological polar surface area (TPSA) is 64.2 Å². The molecule has 1 atom stereocenters. The molecule has 5 nitrogen and oxygen atoms in total. The number of aryl methyl sites for hydroxylation is 1. The van der Waals surface area contributed by atoms with Crippen LogP contribution in [0, 0.1) is 5.92 Å². The van der Waals surface area contributed by atoms with E-state index in [-0.39, 0.29) is 11.8 Å². The number of hydrogen-bond donors (Lipinski definition) is 1. The molecule has 5 heteroatoms. The molecule has 0 aromatic carbocycles. The third-order valence-corrected chi connectivity index (χ3v) is 2.61. The molecule has 2 rings (SSSR count). The van der Waals surface area contributed by atoms with Crippen molar-refractivity contribution in [3.05, 3.63) is 12.3 Å². The van der Waals surface area contributed by atoms with E-state index in [0.717, 1.165) is 12.4 Å². The van der Waals surface area contributed by atoms with Crippen molar-refractivity contribution >= 4 is 11.7 Å². The lowest BCUT2D eigenvalue weighted by Crippen LogP contribution is -2.27. The Kier molecular flexibility index (Phi) is 2.25. The van der Waals surface area contributed by atoms with Crippen LogP contribution in [0.5, 0.6) is 0 Å². The first kappa shape index (κ1) is 9.21. The SMILES string of the molecule is Cn1nccc1N1CC(CN)CC1=O. The Balaban J connectivity index is 2.20. The number of nitrogens with zero attached hydrogens (tertiary/aromatic N) is 3. The van der Waals surface area contributed by atoms with Crippen molar-refractivity contribution in [2.24, 2.45) is 18.7 Å². The molecular weight excluding hydrogens is 180 g/mol. The molecule has 14 heavy (non-hydrogen) atoms. The second-order valence-electron chi connectivity index (χ2n) is 3.62. The molecule has 1 aliphatic heterocycles. The Labute approximate surface area is 82.5 Å². The van der Waals surface area contributed by atoms with E-state index < -0.39 is 0 Å². The number of hydrogen-bond acceptors (Lipinski definition) is 3. The summed E-state index contributed by atoms with van der Waals surface area (Å²) in [5.41, 5.74) is 5.55. The molecule has 0 saturated carbocycles. The van der Waals surface area contributed by atoms with Gasteiger partial charge in [0.05, 0.1) is 6.20 Å². The van der Waals surface area contributed by atoms with Crippen LogP contribution < -0.4 is 10.6 Å². The summed E-state index contributed by atoms with van der Waals surface area (Å²) >= 11 is 0. The van der Waals surface area contributed by atoms with Crippen LogP contribution in [0.1, 0.15) is 6.42 Å². The normalized spacial score (nSPS) is 22.0. The van der Waals surface area contributed by atoms with Crippen LogP contribution in [0.25, 0.3) is 0 Å². The standard InChI is InChI=1S/C9H14N4O/c1-12-8(2-3-11-12)13-6-7(5-10)4-9(13)14/h2-3,7H,4-6,10H2,1H3. The third kappa shape index (κ3) is 1.39. The van der Waals surface area contributed by atoms with E-state index in [9.17, 15) is 4.79 Å². The first-order valence-electron chi connectivity index (χ1n) is 4.71. The molecule has 1 fully saturated rings. The van der Waals surface area contributed by atoms with Gasteiger partial charge in [0.15, 0.2) is 0 Å². The van der Waals surface area contributed by atoms with Crippen LogP contribution in [0.2, 0.25) is 0 Å². The third-order valence-electron chi connectivity index (χ3n) is 2.61. The molecule has 0 bridgehead atoms. The van der Waals surface area contributed by atoms with Gasteiger partial charge < -0.3 is 5.73 Å². The average molecular weight is 194 g/mol. The van der Waals surface area contributed by atoms with Gasteiger partial charge in [-0.05, 0) is 12.5 Å². The maximum atomic E-state index is 11.6. The van der Waals surface area contributed by atoms with Crippen molar-refractivity contribution in [2.75, 3.05) is 18.0 Å². The molecule has 0 radical (unpaired) electrons. The Morgan fingerprint density at radius 1 is 1.71 bits per heavy atom. The van der Waals surface area contributed by atoms with Gasteiger partial charge in [0, 0.05) is 26.1 Å². The Hall–Kier alpha value is -1.36. The lowest BCUT2D eigenvalue weighted by atomic mass is 10.1. The number of rotatable bonds is 2. The highest BCUT2D eigenvalue weighted by Crippen LogP contribution is 2.23. The summed E-state index contributed by atoms with van der Waals surface area (Å²) < 4.78 is 1.71. The number of amides is 1. The minimum Gasteiger partial charge on any atom is -0.330 e. The van der Waals surface area contributed by atoms with Gasteiger partial charge in [-0.1, -0.05) is 0 Å². The maximum absolute atomic E-state index is 11.6. The van der Waals surface area contributed by atoms with E-state index in [1.54, 1.807) is 15.8 Å². The highest BCUT2D eigenvalue weighted by molar-refractivity contribution is 5.94. The van der Waals surface area contributed by atoms with Crippen molar-refractivity contribution in [1.82, 2.24) is 9.78 Å². The van der Waals surface area contributed by atoms with Crippen LogP contribution >= 0.6 is 0 Å². The molecule has 1 saturated heterocycles. The van der Waals surface area contributed by atoms with Crippen LogP contribution in [-0.4, -0.2) is 28.8 Å². The van der Waals surface area contributed by atoms with Crippen LogP contribution in [0.4, 0.5) is 5.82 Å². The molecule has 76 valence electrons. The predicted octanol–water partition coefficient (Wildman–Crippen LogP) is -0.268. The molecule has 2 heterocycles. The second kappa shape index (κ2) is 3.42. The van der Waals surface area contributed by atoms with E-state index in [2.05, 4.69) is 5.10 Å². The minimum atomic E-state index is 0.143. The molecule has 2 N–H and O–H groups in total. The fraction of sp³-hybridized carbons (Fsp3) is 0.556. The molecule has 1 aromatic heterocycles. The van der Waals surface area contributed by atoms with Gasteiger partial charge in [-0.3, -0.25) is 14.4 Å². The number of carbonyl (C=O) groups is 1. The smallest absolute Gasteiger partial charge is 0.228 e. The van der Waals surface area contributed by atoms with E-state index >= 15 is 0 Å². The van der Waals surface area contributed by atoms with Gasteiger partial charge in [0.25, 0.3) is 0 Å². The lowest BCUT2D eigenvalue weighted by molar-refractivity contribution is -0.117. The summed E-state index contributed by atoms with van der Waals surface area (Å²) in [6.07, 6.45) is 2.25. The van der Waals surface area contributed by atoms with Crippen molar-refractivity contribution in [3.8, 4) is 0 Å². The van der Waals surface area contributed by atoms with Gasteiger partial charge in [-0.2, -0.15) is 5.10 Å². The molecule has 1 unspecified atom stereocenters. The van der Waals surface area contributed by atoms with Gasteiger partial charge in [0.2, 0.25) is 5.91 Å². The molecule has 1 aromatic rings. The van der Waals surface area contributed by atoms with Crippen molar-refractivity contribution in [1.29, 1.82) is 0 Å². The quantitative estimate of drug-likeness (QED) is 0.705. The fourth-order valence-electron chi connectivity index (χ4n) is 1.79. The van der Waals surface area contributed by atoms with Gasteiger partial charge in [-0.15, -0.1) is 0 Å². The highest BCUT2D eigenvalue weighted by atomic mass is 16.2. The highest BCUT2D eigenvalue weighted by Gasteiger charge is 2.30. The molecular formula is C9H14N4O. The van der Waals surface area contributed by atoms with Gasteiger partial charge in [0.1, 0.15) is 5.82 Å². The molecule has 0 aliphatic carbocycles. The molecule has 0 spiro atoms. The first-order chi connectivity index (χ1) is 6.72. The lowest BCUT2D eigenvalue weighted by Gasteiger charge is -2.15. The molecule has 1 aliphatic rings. The van der Waals surface area contributed by atoms with Crippen molar-refractivity contribution in [2.45, 2.75) is 6.42 Å². The molecule has 1 amide bonds. The number of aromatic nitrogens is 2.